The molecule has 3 rings (SSSR count). The van der Waals surface area contributed by atoms with Crippen molar-refractivity contribution in [3.05, 3.63) is 64.5 Å². The second kappa shape index (κ2) is 4.28. The van der Waals surface area contributed by atoms with Crippen molar-refractivity contribution >= 4 is 22.2 Å². The number of fused-ring (bicyclic) bond motifs is 1. The lowest BCUT2D eigenvalue weighted by atomic mass is 10.0. The molecule has 0 aliphatic rings. The van der Waals surface area contributed by atoms with Gasteiger partial charge in [-0.2, -0.15) is 11.3 Å². The van der Waals surface area contributed by atoms with Crippen molar-refractivity contribution in [3.8, 4) is 0 Å². The van der Waals surface area contributed by atoms with Gasteiger partial charge in [0.2, 0.25) is 0 Å². The number of benzene rings is 1. The minimum absolute atomic E-state index is 0.0849. The fraction of sp³-hybridized carbons (Fsp3) is 0.0714. The van der Waals surface area contributed by atoms with Crippen LogP contribution in [0.15, 0.2) is 53.4 Å². The molecule has 17 heavy (non-hydrogen) atoms. The highest BCUT2D eigenvalue weighted by Crippen LogP contribution is 2.23. The van der Waals surface area contributed by atoms with Crippen LogP contribution in [0.25, 0.3) is 10.9 Å². The first-order valence-corrected chi connectivity index (χ1v) is 6.41. The maximum Gasteiger partial charge on any atom is 0.0702 e. The van der Waals surface area contributed by atoms with E-state index in [2.05, 4.69) is 28.6 Å². The van der Waals surface area contributed by atoms with E-state index in [9.17, 15) is 0 Å². The van der Waals surface area contributed by atoms with Crippen molar-refractivity contribution in [1.29, 1.82) is 0 Å². The summed E-state index contributed by atoms with van der Waals surface area (Å²) in [6.07, 6.45) is 1.87. The minimum atomic E-state index is -0.0849. The number of thiophene rings is 1. The summed E-state index contributed by atoms with van der Waals surface area (Å²) in [4.78, 5) is 4.44. The van der Waals surface area contributed by atoms with E-state index >= 15 is 0 Å². The minimum Gasteiger partial charge on any atom is -0.320 e. The van der Waals surface area contributed by atoms with Gasteiger partial charge in [-0.15, -0.1) is 0 Å². The van der Waals surface area contributed by atoms with Crippen molar-refractivity contribution in [2.24, 2.45) is 5.73 Å². The Morgan fingerprint density at radius 1 is 1.12 bits per heavy atom. The average Bonchev–Trinajstić information content (AvgIpc) is 2.91. The lowest BCUT2D eigenvalue weighted by molar-refractivity contribution is 0.872. The van der Waals surface area contributed by atoms with Crippen LogP contribution in [0.5, 0.6) is 0 Å². The van der Waals surface area contributed by atoms with Crippen LogP contribution in [0.2, 0.25) is 0 Å². The Balaban J connectivity index is 2.06. The Morgan fingerprint density at radius 3 is 2.82 bits per heavy atom. The van der Waals surface area contributed by atoms with Crippen molar-refractivity contribution < 1.29 is 0 Å². The monoisotopic (exact) mass is 240 g/mol. The molecular weight excluding hydrogens is 228 g/mol. The smallest absolute Gasteiger partial charge is 0.0702 e. The van der Waals surface area contributed by atoms with Gasteiger partial charge in [0.05, 0.1) is 11.6 Å². The topological polar surface area (TPSA) is 38.9 Å². The van der Waals surface area contributed by atoms with Crippen LogP contribution < -0.4 is 5.73 Å². The van der Waals surface area contributed by atoms with Crippen LogP contribution >= 0.6 is 11.3 Å². The van der Waals surface area contributed by atoms with Gasteiger partial charge in [0.1, 0.15) is 0 Å². The van der Waals surface area contributed by atoms with Gasteiger partial charge >= 0.3 is 0 Å². The van der Waals surface area contributed by atoms with Gasteiger partial charge < -0.3 is 5.73 Å². The molecule has 0 saturated carbocycles. The molecule has 0 radical (unpaired) electrons. The number of nitrogens with zero attached hydrogens (tertiary/aromatic N) is 1. The van der Waals surface area contributed by atoms with E-state index in [4.69, 9.17) is 5.73 Å². The Labute approximate surface area is 104 Å². The molecule has 84 valence electrons. The maximum atomic E-state index is 6.22. The number of rotatable bonds is 2. The maximum absolute atomic E-state index is 6.22. The molecule has 2 N–H and O–H groups in total. The number of aromatic nitrogens is 1. The highest BCUT2D eigenvalue weighted by molar-refractivity contribution is 7.08. The van der Waals surface area contributed by atoms with Gasteiger partial charge in [0.25, 0.3) is 0 Å². The summed E-state index contributed by atoms with van der Waals surface area (Å²) in [5.41, 5.74) is 9.43. The molecule has 1 atom stereocenters. The van der Waals surface area contributed by atoms with Gasteiger partial charge in [-0.05, 0) is 40.1 Å². The highest BCUT2D eigenvalue weighted by Gasteiger charge is 2.10. The Hall–Kier alpha value is -1.71. The zero-order valence-corrected chi connectivity index (χ0v) is 10.0. The molecule has 0 amide bonds. The number of nitrogens with two attached hydrogens (primary N) is 1. The van der Waals surface area contributed by atoms with Crippen LogP contribution in [-0.4, -0.2) is 4.98 Å². The van der Waals surface area contributed by atoms with E-state index < -0.39 is 0 Å². The normalized spacial score (nSPS) is 12.8. The van der Waals surface area contributed by atoms with Crippen molar-refractivity contribution in [2.45, 2.75) is 6.04 Å². The molecule has 2 nitrogen and oxygen atoms in total. The van der Waals surface area contributed by atoms with Crippen LogP contribution in [-0.2, 0) is 0 Å². The molecule has 2 heterocycles. The van der Waals surface area contributed by atoms with Crippen molar-refractivity contribution in [1.82, 2.24) is 4.98 Å². The molecule has 0 spiro atoms. The Bertz CT molecular complexity index is 632. The van der Waals surface area contributed by atoms with E-state index in [-0.39, 0.29) is 6.04 Å². The molecule has 0 bridgehead atoms. The number of hydrogen-bond acceptors (Lipinski definition) is 3. The summed E-state index contributed by atoms with van der Waals surface area (Å²) in [5, 5.41) is 5.26. The summed E-state index contributed by atoms with van der Waals surface area (Å²) >= 11 is 1.67. The zero-order chi connectivity index (χ0) is 11.7. The van der Waals surface area contributed by atoms with Crippen LogP contribution in [0.4, 0.5) is 0 Å². The molecule has 3 heteroatoms. The molecule has 1 aromatic carbocycles. The predicted octanol–water partition coefficient (Wildman–Crippen LogP) is 3.34. The summed E-state index contributed by atoms with van der Waals surface area (Å²) in [6, 6.07) is 12.2. The Morgan fingerprint density at radius 2 is 2.00 bits per heavy atom. The van der Waals surface area contributed by atoms with Crippen molar-refractivity contribution in [2.75, 3.05) is 0 Å². The van der Waals surface area contributed by atoms with Gasteiger partial charge in [-0.25, -0.2) is 0 Å². The first kappa shape index (κ1) is 10.4. The third kappa shape index (κ3) is 1.95. The van der Waals surface area contributed by atoms with Gasteiger partial charge in [-0.3, -0.25) is 4.98 Å². The fourth-order valence-corrected chi connectivity index (χ4v) is 2.60. The summed E-state index contributed by atoms with van der Waals surface area (Å²) in [7, 11) is 0. The number of pyridine rings is 1. The first-order valence-electron chi connectivity index (χ1n) is 5.47. The zero-order valence-electron chi connectivity index (χ0n) is 9.21. The lowest BCUT2D eigenvalue weighted by Crippen LogP contribution is -2.11. The quantitative estimate of drug-likeness (QED) is 0.746. The number of para-hydroxylation sites is 1. The van der Waals surface area contributed by atoms with E-state index in [1.54, 1.807) is 11.3 Å². The third-order valence-electron chi connectivity index (χ3n) is 2.87. The highest BCUT2D eigenvalue weighted by atomic mass is 32.1. The molecule has 0 fully saturated rings. The molecule has 1 unspecified atom stereocenters. The second-order valence-corrected chi connectivity index (χ2v) is 4.78. The largest absolute Gasteiger partial charge is 0.320 e. The molecule has 3 aromatic rings. The predicted molar refractivity (Wildman–Crippen MR) is 72.1 cm³/mol. The van der Waals surface area contributed by atoms with Crippen LogP contribution in [0.3, 0.4) is 0 Å². The van der Waals surface area contributed by atoms with E-state index in [1.807, 2.05) is 29.8 Å². The summed E-state index contributed by atoms with van der Waals surface area (Å²) in [6.45, 7) is 0. The standard InChI is InChI=1S/C14H12N2S/c15-14(11-5-6-17-9-11)12-7-10-3-1-2-4-13(10)16-8-12/h1-9,14H,15H2. The van der Waals surface area contributed by atoms with E-state index in [0.29, 0.717) is 0 Å². The molecule has 0 aliphatic heterocycles. The van der Waals surface area contributed by atoms with Crippen LogP contribution in [0.1, 0.15) is 17.2 Å². The second-order valence-electron chi connectivity index (χ2n) is 4.00. The number of hydrogen-bond donors (Lipinski definition) is 1. The third-order valence-corrected chi connectivity index (χ3v) is 3.57. The van der Waals surface area contributed by atoms with Gasteiger partial charge in [0, 0.05) is 11.6 Å². The van der Waals surface area contributed by atoms with Gasteiger partial charge in [-0.1, -0.05) is 18.2 Å². The van der Waals surface area contributed by atoms with E-state index in [1.165, 1.54) is 0 Å². The Kier molecular flexibility index (Phi) is 2.63. The molecule has 0 aliphatic carbocycles. The van der Waals surface area contributed by atoms with Gasteiger partial charge in [0.15, 0.2) is 0 Å². The molecular formula is C14H12N2S. The van der Waals surface area contributed by atoms with Crippen molar-refractivity contribution in [3.63, 3.8) is 0 Å². The molecule has 2 aromatic heterocycles. The molecule has 0 saturated heterocycles. The van der Waals surface area contributed by atoms with Crippen LogP contribution in [0, 0.1) is 0 Å². The summed E-state index contributed by atoms with van der Waals surface area (Å²) < 4.78 is 0. The SMILES string of the molecule is NC(c1ccsc1)c1cnc2ccccc2c1. The summed E-state index contributed by atoms with van der Waals surface area (Å²) in [5.74, 6) is 0. The van der Waals surface area contributed by atoms with E-state index in [0.717, 1.165) is 22.0 Å². The lowest BCUT2D eigenvalue weighted by Gasteiger charge is -2.10. The first-order chi connectivity index (χ1) is 8.34. The fourth-order valence-electron chi connectivity index (χ4n) is 1.90. The average molecular weight is 240 g/mol.